The van der Waals surface area contributed by atoms with Gasteiger partial charge in [-0.2, -0.15) is 0 Å². The Labute approximate surface area is 87.0 Å². The van der Waals surface area contributed by atoms with E-state index >= 15 is 0 Å². The molecule has 0 spiro atoms. The molecular formula is C12H22O2. The molecule has 0 fully saturated rings. The van der Waals surface area contributed by atoms with Gasteiger partial charge in [0.1, 0.15) is 0 Å². The third kappa shape index (κ3) is 9.30. The topological polar surface area (TPSA) is 37.3 Å². The SMILES string of the molecule is CCCCCC/C(C)=C/CCC(=O)O. The number of unbranched alkanes of at least 4 members (excludes halogenated alkanes) is 3. The molecule has 0 aromatic carbocycles. The molecule has 0 aliphatic carbocycles. The molecule has 14 heavy (non-hydrogen) atoms. The van der Waals surface area contributed by atoms with Crippen molar-refractivity contribution in [3.63, 3.8) is 0 Å². The Bertz CT molecular complexity index is 183. The lowest BCUT2D eigenvalue weighted by Crippen LogP contribution is -1.92. The fourth-order valence-electron chi connectivity index (χ4n) is 1.37. The summed E-state index contributed by atoms with van der Waals surface area (Å²) in [5, 5.41) is 8.44. The minimum atomic E-state index is -0.708. The van der Waals surface area contributed by atoms with Gasteiger partial charge in [-0.05, 0) is 26.2 Å². The molecule has 0 amide bonds. The second-order valence-electron chi connectivity index (χ2n) is 3.79. The minimum Gasteiger partial charge on any atom is -0.481 e. The van der Waals surface area contributed by atoms with Gasteiger partial charge >= 0.3 is 5.97 Å². The summed E-state index contributed by atoms with van der Waals surface area (Å²) in [5.41, 5.74) is 1.34. The third-order valence-corrected chi connectivity index (χ3v) is 2.28. The quantitative estimate of drug-likeness (QED) is 0.476. The molecule has 0 saturated heterocycles. The zero-order valence-corrected chi connectivity index (χ0v) is 9.38. The maximum Gasteiger partial charge on any atom is 0.303 e. The van der Waals surface area contributed by atoms with Crippen LogP contribution < -0.4 is 0 Å². The van der Waals surface area contributed by atoms with Crippen LogP contribution in [0.15, 0.2) is 11.6 Å². The van der Waals surface area contributed by atoms with Crippen molar-refractivity contribution in [1.82, 2.24) is 0 Å². The van der Waals surface area contributed by atoms with Crippen molar-refractivity contribution < 1.29 is 9.90 Å². The molecule has 0 aromatic rings. The Morgan fingerprint density at radius 3 is 2.50 bits per heavy atom. The van der Waals surface area contributed by atoms with Gasteiger partial charge in [0.15, 0.2) is 0 Å². The maximum atomic E-state index is 10.3. The number of allylic oxidation sites excluding steroid dienone is 2. The zero-order chi connectivity index (χ0) is 10.8. The van der Waals surface area contributed by atoms with Crippen molar-refractivity contribution in [2.24, 2.45) is 0 Å². The van der Waals surface area contributed by atoms with Gasteiger partial charge in [-0.15, -0.1) is 0 Å². The van der Waals surface area contributed by atoms with Crippen molar-refractivity contribution in [3.05, 3.63) is 11.6 Å². The van der Waals surface area contributed by atoms with Gasteiger partial charge < -0.3 is 5.11 Å². The number of carbonyl (C=O) groups is 1. The summed E-state index contributed by atoms with van der Waals surface area (Å²) in [4.78, 5) is 10.3. The molecule has 1 N–H and O–H groups in total. The summed E-state index contributed by atoms with van der Waals surface area (Å²) in [6.45, 7) is 4.29. The molecule has 0 rings (SSSR count). The lowest BCUT2D eigenvalue weighted by molar-refractivity contribution is -0.136. The molecule has 0 aliphatic heterocycles. The Balaban J connectivity index is 3.42. The van der Waals surface area contributed by atoms with E-state index in [2.05, 4.69) is 19.9 Å². The van der Waals surface area contributed by atoms with Crippen molar-refractivity contribution in [2.45, 2.75) is 58.8 Å². The lowest BCUT2D eigenvalue weighted by Gasteiger charge is -2.00. The molecule has 0 saturated carbocycles. The van der Waals surface area contributed by atoms with Crippen LogP contribution in [0, 0.1) is 0 Å². The first kappa shape index (κ1) is 13.2. The molecule has 0 radical (unpaired) electrons. The van der Waals surface area contributed by atoms with E-state index in [-0.39, 0.29) is 6.42 Å². The smallest absolute Gasteiger partial charge is 0.303 e. The van der Waals surface area contributed by atoms with Crippen molar-refractivity contribution >= 4 is 5.97 Å². The van der Waals surface area contributed by atoms with Gasteiger partial charge in [0.05, 0.1) is 0 Å². The van der Waals surface area contributed by atoms with Gasteiger partial charge in [-0.25, -0.2) is 0 Å². The summed E-state index contributed by atoms with van der Waals surface area (Å²) >= 11 is 0. The van der Waals surface area contributed by atoms with Gasteiger partial charge in [-0.1, -0.05) is 37.8 Å². The number of rotatable bonds is 8. The molecule has 0 atom stereocenters. The van der Waals surface area contributed by atoms with E-state index in [0.29, 0.717) is 6.42 Å². The molecule has 0 aliphatic rings. The molecular weight excluding hydrogens is 176 g/mol. The maximum absolute atomic E-state index is 10.3. The highest BCUT2D eigenvalue weighted by Crippen LogP contribution is 2.10. The molecule has 2 nitrogen and oxygen atoms in total. The molecule has 0 unspecified atom stereocenters. The molecule has 82 valence electrons. The standard InChI is InChI=1S/C12H22O2/c1-3-4-5-6-8-11(2)9-7-10-12(13)14/h9H,3-8,10H2,1-2H3,(H,13,14)/b11-9+. The summed E-state index contributed by atoms with van der Waals surface area (Å²) < 4.78 is 0. The van der Waals surface area contributed by atoms with E-state index in [0.717, 1.165) is 6.42 Å². The Hall–Kier alpha value is -0.790. The van der Waals surface area contributed by atoms with Crippen LogP contribution >= 0.6 is 0 Å². The first-order valence-electron chi connectivity index (χ1n) is 5.54. The molecule has 0 heterocycles. The fourth-order valence-corrected chi connectivity index (χ4v) is 1.37. The van der Waals surface area contributed by atoms with Crippen LogP contribution in [0.4, 0.5) is 0 Å². The largest absolute Gasteiger partial charge is 0.481 e. The first-order valence-corrected chi connectivity index (χ1v) is 5.54. The fraction of sp³-hybridized carbons (Fsp3) is 0.750. The zero-order valence-electron chi connectivity index (χ0n) is 9.38. The average molecular weight is 198 g/mol. The van der Waals surface area contributed by atoms with Crippen LogP contribution in [0.3, 0.4) is 0 Å². The van der Waals surface area contributed by atoms with Crippen molar-refractivity contribution in [1.29, 1.82) is 0 Å². The van der Waals surface area contributed by atoms with E-state index in [4.69, 9.17) is 5.11 Å². The third-order valence-electron chi connectivity index (χ3n) is 2.28. The van der Waals surface area contributed by atoms with Crippen LogP contribution in [0.1, 0.15) is 58.8 Å². The van der Waals surface area contributed by atoms with Crippen LogP contribution in [0.25, 0.3) is 0 Å². The second-order valence-corrected chi connectivity index (χ2v) is 3.79. The Kier molecular flexibility index (Phi) is 8.30. The second kappa shape index (κ2) is 8.79. The van der Waals surface area contributed by atoms with Gasteiger partial charge in [-0.3, -0.25) is 4.79 Å². The highest BCUT2D eigenvalue weighted by Gasteiger charge is 1.95. The highest BCUT2D eigenvalue weighted by atomic mass is 16.4. The first-order chi connectivity index (χ1) is 6.66. The normalized spacial score (nSPS) is 11.7. The number of carboxylic acids is 1. The van der Waals surface area contributed by atoms with E-state index in [9.17, 15) is 4.79 Å². The molecule has 0 aromatic heterocycles. The molecule has 0 bridgehead atoms. The van der Waals surface area contributed by atoms with Crippen LogP contribution in [0.5, 0.6) is 0 Å². The van der Waals surface area contributed by atoms with E-state index in [1.165, 1.54) is 31.3 Å². The average Bonchev–Trinajstić information content (AvgIpc) is 2.12. The van der Waals surface area contributed by atoms with Crippen molar-refractivity contribution in [2.75, 3.05) is 0 Å². The minimum absolute atomic E-state index is 0.256. The Morgan fingerprint density at radius 1 is 1.21 bits per heavy atom. The Morgan fingerprint density at radius 2 is 1.93 bits per heavy atom. The number of carboxylic acid groups (broad SMARTS) is 1. The van der Waals surface area contributed by atoms with Gasteiger partial charge in [0, 0.05) is 6.42 Å². The van der Waals surface area contributed by atoms with E-state index < -0.39 is 5.97 Å². The van der Waals surface area contributed by atoms with E-state index in [1.54, 1.807) is 0 Å². The predicted octanol–water partition coefficient (Wildman–Crippen LogP) is 3.77. The van der Waals surface area contributed by atoms with Crippen LogP contribution in [-0.4, -0.2) is 11.1 Å². The monoisotopic (exact) mass is 198 g/mol. The van der Waals surface area contributed by atoms with Gasteiger partial charge in [0.25, 0.3) is 0 Å². The summed E-state index contributed by atoms with van der Waals surface area (Å²) in [7, 11) is 0. The van der Waals surface area contributed by atoms with Crippen LogP contribution in [-0.2, 0) is 4.79 Å². The van der Waals surface area contributed by atoms with E-state index in [1.807, 2.05) is 0 Å². The predicted molar refractivity (Wildman–Crippen MR) is 59.4 cm³/mol. The molecule has 2 heteroatoms. The van der Waals surface area contributed by atoms with Gasteiger partial charge in [0.2, 0.25) is 0 Å². The van der Waals surface area contributed by atoms with Crippen molar-refractivity contribution in [3.8, 4) is 0 Å². The number of hydrogen-bond donors (Lipinski definition) is 1. The summed E-state index contributed by atoms with van der Waals surface area (Å²) in [6, 6.07) is 0. The highest BCUT2D eigenvalue weighted by molar-refractivity contribution is 5.66. The summed E-state index contributed by atoms with van der Waals surface area (Å²) in [6.07, 6.45) is 9.22. The van der Waals surface area contributed by atoms with Crippen LogP contribution in [0.2, 0.25) is 0 Å². The number of aliphatic carboxylic acids is 1. The summed E-state index contributed by atoms with van der Waals surface area (Å²) in [5.74, 6) is -0.708. The lowest BCUT2D eigenvalue weighted by atomic mass is 10.1. The number of hydrogen-bond acceptors (Lipinski definition) is 1.